The third-order valence-corrected chi connectivity index (χ3v) is 2.82. The van der Waals surface area contributed by atoms with E-state index in [1.54, 1.807) is 18.2 Å². The Hall–Kier alpha value is -0.910. The van der Waals surface area contributed by atoms with Gasteiger partial charge in [-0.15, -0.1) is 0 Å². The molecular weight excluding hydrogens is 334 g/mol. The molecule has 7 heteroatoms. The van der Waals surface area contributed by atoms with Gasteiger partial charge in [-0.3, -0.25) is 0 Å². The topological polar surface area (TPSA) is 35.0 Å². The van der Waals surface area contributed by atoms with Crippen molar-refractivity contribution < 1.29 is 9.13 Å². The molecule has 0 atom stereocenters. The maximum atomic E-state index is 13.3. The summed E-state index contributed by atoms with van der Waals surface area (Å²) in [7, 11) is 0. The second-order valence-corrected chi connectivity index (χ2v) is 4.60. The molecule has 2 rings (SSSR count). The van der Waals surface area contributed by atoms with Crippen LogP contribution in [0.3, 0.4) is 0 Å². The highest BCUT2D eigenvalue weighted by molar-refractivity contribution is 9.10. The van der Waals surface area contributed by atoms with Crippen LogP contribution >= 0.6 is 39.1 Å². The Morgan fingerprint density at radius 1 is 1.29 bits per heavy atom. The minimum Gasteiger partial charge on any atom is -0.435 e. The molecule has 0 saturated carbocycles. The highest BCUT2D eigenvalue weighted by atomic mass is 79.9. The molecule has 0 saturated heterocycles. The van der Waals surface area contributed by atoms with Crippen LogP contribution in [0.2, 0.25) is 10.3 Å². The number of hydrogen-bond acceptors (Lipinski definition) is 3. The lowest BCUT2D eigenvalue weighted by Gasteiger charge is -2.07. The molecule has 0 amide bonds. The number of rotatable bonds is 2. The van der Waals surface area contributed by atoms with Crippen LogP contribution in [0.1, 0.15) is 0 Å². The summed E-state index contributed by atoms with van der Waals surface area (Å²) < 4.78 is 19.2. The van der Waals surface area contributed by atoms with Crippen molar-refractivity contribution in [2.45, 2.75) is 0 Å². The molecule has 2 aromatic rings. The molecule has 0 aliphatic carbocycles. The molecule has 3 nitrogen and oxygen atoms in total. The number of benzene rings is 1. The van der Waals surface area contributed by atoms with Gasteiger partial charge in [0.15, 0.2) is 0 Å². The Bertz CT molecular complexity index is 568. The van der Waals surface area contributed by atoms with Gasteiger partial charge in [-0.2, -0.15) is 9.37 Å². The second kappa shape index (κ2) is 5.16. The van der Waals surface area contributed by atoms with Crippen molar-refractivity contribution in [2.75, 3.05) is 0 Å². The van der Waals surface area contributed by atoms with Crippen LogP contribution in [0.15, 0.2) is 28.9 Å². The summed E-state index contributed by atoms with van der Waals surface area (Å²) in [6.07, 6.45) is 0.939. The maximum Gasteiger partial charge on any atom is 0.260 e. The first-order chi connectivity index (χ1) is 8.06. The molecule has 0 aliphatic heterocycles. The summed E-state index contributed by atoms with van der Waals surface area (Å²) >= 11 is 14.6. The van der Waals surface area contributed by atoms with Crippen LogP contribution in [0.25, 0.3) is 0 Å². The van der Waals surface area contributed by atoms with E-state index in [4.69, 9.17) is 27.9 Å². The molecule has 0 N–H and O–H groups in total. The average molecular weight is 338 g/mol. The lowest BCUT2D eigenvalue weighted by molar-refractivity contribution is 0.418. The number of ether oxygens (including phenoxy) is 1. The lowest BCUT2D eigenvalue weighted by atomic mass is 10.3. The standard InChI is InChI=1S/C10H4BrCl2FN2O/c11-6-3-5(12)1-2-8(6)17-9-7(14)4-15-10(13)16-9/h1-4H. The zero-order chi connectivity index (χ0) is 12.4. The summed E-state index contributed by atoms with van der Waals surface area (Å²) in [5.74, 6) is -0.563. The zero-order valence-electron chi connectivity index (χ0n) is 8.12. The highest BCUT2D eigenvalue weighted by Crippen LogP contribution is 2.32. The van der Waals surface area contributed by atoms with Gasteiger partial charge in [-0.05, 0) is 45.7 Å². The minimum absolute atomic E-state index is 0.0912. The molecule has 0 aliphatic rings. The van der Waals surface area contributed by atoms with E-state index in [9.17, 15) is 4.39 Å². The van der Waals surface area contributed by atoms with Gasteiger partial charge in [0, 0.05) is 5.02 Å². The molecule has 1 aromatic carbocycles. The largest absolute Gasteiger partial charge is 0.435 e. The van der Waals surface area contributed by atoms with Gasteiger partial charge in [0.1, 0.15) is 5.75 Å². The van der Waals surface area contributed by atoms with E-state index in [1.165, 1.54) is 0 Å². The van der Waals surface area contributed by atoms with Crippen LogP contribution in [-0.2, 0) is 0 Å². The highest BCUT2D eigenvalue weighted by Gasteiger charge is 2.10. The second-order valence-electron chi connectivity index (χ2n) is 2.97. The van der Waals surface area contributed by atoms with Crippen molar-refractivity contribution in [1.82, 2.24) is 9.97 Å². The van der Waals surface area contributed by atoms with Gasteiger partial charge in [0.05, 0.1) is 10.7 Å². The third-order valence-electron chi connectivity index (χ3n) is 1.78. The fraction of sp³-hybridized carbons (Fsp3) is 0. The quantitative estimate of drug-likeness (QED) is 0.758. The summed E-state index contributed by atoms with van der Waals surface area (Å²) in [6, 6.07) is 4.82. The molecule has 1 heterocycles. The molecule has 1 aromatic heterocycles. The molecule has 88 valence electrons. The first kappa shape index (κ1) is 12.5. The van der Waals surface area contributed by atoms with E-state index in [2.05, 4.69) is 25.9 Å². The lowest BCUT2D eigenvalue weighted by Crippen LogP contribution is -1.94. The van der Waals surface area contributed by atoms with Gasteiger partial charge in [0.2, 0.25) is 11.1 Å². The maximum absolute atomic E-state index is 13.3. The molecule has 0 unspecified atom stereocenters. The number of halogens is 4. The van der Waals surface area contributed by atoms with Crippen molar-refractivity contribution >= 4 is 39.1 Å². The normalized spacial score (nSPS) is 10.4. The summed E-state index contributed by atoms with van der Waals surface area (Å²) in [4.78, 5) is 7.12. The van der Waals surface area contributed by atoms with Crippen molar-refractivity contribution in [3.05, 3.63) is 45.0 Å². The van der Waals surface area contributed by atoms with E-state index >= 15 is 0 Å². The summed E-state index contributed by atoms with van der Waals surface area (Å²) in [5.41, 5.74) is 0. The van der Waals surface area contributed by atoms with E-state index in [0.717, 1.165) is 6.20 Å². The molecule has 0 bridgehead atoms. The van der Waals surface area contributed by atoms with Crippen molar-refractivity contribution in [3.8, 4) is 11.6 Å². The molecule has 17 heavy (non-hydrogen) atoms. The van der Waals surface area contributed by atoms with E-state index in [1.807, 2.05) is 0 Å². The molecule has 0 spiro atoms. The number of hydrogen-bond donors (Lipinski definition) is 0. The van der Waals surface area contributed by atoms with E-state index < -0.39 is 5.82 Å². The van der Waals surface area contributed by atoms with Gasteiger partial charge in [-0.1, -0.05) is 11.6 Å². The number of aromatic nitrogens is 2. The Morgan fingerprint density at radius 2 is 2.06 bits per heavy atom. The molecule has 0 radical (unpaired) electrons. The van der Waals surface area contributed by atoms with Gasteiger partial charge in [-0.25, -0.2) is 4.98 Å². The van der Waals surface area contributed by atoms with Crippen LogP contribution in [0.4, 0.5) is 4.39 Å². The Labute approximate surface area is 115 Å². The van der Waals surface area contributed by atoms with Crippen LogP contribution in [-0.4, -0.2) is 9.97 Å². The van der Waals surface area contributed by atoms with E-state index in [0.29, 0.717) is 15.2 Å². The fourth-order valence-corrected chi connectivity index (χ4v) is 1.95. The minimum atomic E-state index is -0.698. The smallest absolute Gasteiger partial charge is 0.260 e. The average Bonchev–Trinajstić information content (AvgIpc) is 2.27. The predicted octanol–water partition coefficient (Wildman–Crippen LogP) is 4.48. The predicted molar refractivity (Wildman–Crippen MR) is 66.2 cm³/mol. The van der Waals surface area contributed by atoms with Crippen LogP contribution < -0.4 is 4.74 Å². The first-order valence-electron chi connectivity index (χ1n) is 4.37. The SMILES string of the molecule is Fc1cnc(Cl)nc1Oc1ccc(Cl)cc1Br. The Morgan fingerprint density at radius 3 is 2.76 bits per heavy atom. The monoisotopic (exact) mass is 336 g/mol. The first-order valence-corrected chi connectivity index (χ1v) is 5.92. The Balaban J connectivity index is 2.34. The number of nitrogens with zero attached hydrogens (tertiary/aromatic N) is 2. The van der Waals surface area contributed by atoms with E-state index in [-0.39, 0.29) is 11.2 Å². The molecular formula is C10H4BrCl2FN2O. The molecule has 0 fully saturated rings. The van der Waals surface area contributed by atoms with Crippen molar-refractivity contribution in [3.63, 3.8) is 0 Å². The van der Waals surface area contributed by atoms with Crippen molar-refractivity contribution in [1.29, 1.82) is 0 Å². The van der Waals surface area contributed by atoms with Gasteiger partial charge in [0.25, 0.3) is 5.88 Å². The fourth-order valence-electron chi connectivity index (χ4n) is 1.06. The zero-order valence-corrected chi connectivity index (χ0v) is 11.2. The third kappa shape index (κ3) is 3.06. The van der Waals surface area contributed by atoms with Gasteiger partial charge >= 0.3 is 0 Å². The summed E-state index contributed by atoms with van der Waals surface area (Å²) in [5, 5.41) is 0.442. The van der Waals surface area contributed by atoms with Crippen molar-refractivity contribution in [2.24, 2.45) is 0 Å². The Kier molecular flexibility index (Phi) is 3.81. The van der Waals surface area contributed by atoms with Crippen LogP contribution in [0, 0.1) is 5.82 Å². The van der Waals surface area contributed by atoms with Crippen LogP contribution in [0.5, 0.6) is 11.6 Å². The van der Waals surface area contributed by atoms with Gasteiger partial charge < -0.3 is 4.74 Å². The summed E-state index contributed by atoms with van der Waals surface area (Å²) in [6.45, 7) is 0.